The van der Waals surface area contributed by atoms with Crippen molar-refractivity contribution in [2.75, 3.05) is 26.2 Å². The first-order valence-electron chi connectivity index (χ1n) is 7.87. The van der Waals surface area contributed by atoms with Crippen LogP contribution in [-0.2, 0) is 11.3 Å². The van der Waals surface area contributed by atoms with Gasteiger partial charge in [-0.15, -0.1) is 0 Å². The summed E-state index contributed by atoms with van der Waals surface area (Å²) in [5.74, 6) is -0.234. The number of fused-ring (bicyclic) bond motifs is 1. The van der Waals surface area contributed by atoms with Crippen LogP contribution in [0.1, 0.15) is 12.5 Å². The third-order valence-electron chi connectivity index (χ3n) is 4.64. The maximum absolute atomic E-state index is 11.3. The second kappa shape index (κ2) is 6.46. The number of carbonyl (C=O) groups excluding carboxylic acids is 1. The van der Waals surface area contributed by atoms with Crippen molar-refractivity contribution < 1.29 is 4.79 Å². The Bertz CT molecular complexity index is 657. The monoisotopic (exact) mass is 297 g/mol. The van der Waals surface area contributed by atoms with Crippen molar-refractivity contribution >= 4 is 16.7 Å². The Morgan fingerprint density at radius 3 is 2.50 bits per heavy atom. The number of nitrogens with two attached hydrogens (primary N) is 1. The van der Waals surface area contributed by atoms with E-state index in [2.05, 4.69) is 52.3 Å². The minimum absolute atomic E-state index is 0.167. The molecule has 0 bridgehead atoms. The van der Waals surface area contributed by atoms with Crippen molar-refractivity contribution in [1.29, 1.82) is 0 Å². The van der Waals surface area contributed by atoms with E-state index in [1.807, 2.05) is 6.92 Å². The third kappa shape index (κ3) is 3.13. The molecule has 0 radical (unpaired) electrons. The molecule has 0 spiro atoms. The van der Waals surface area contributed by atoms with Gasteiger partial charge in [-0.05, 0) is 23.3 Å². The molecular formula is C18H23N3O. The van der Waals surface area contributed by atoms with Crippen LogP contribution in [0, 0.1) is 0 Å². The van der Waals surface area contributed by atoms with Gasteiger partial charge >= 0.3 is 0 Å². The van der Waals surface area contributed by atoms with Gasteiger partial charge in [0, 0.05) is 32.7 Å². The molecule has 2 N–H and O–H groups in total. The van der Waals surface area contributed by atoms with E-state index >= 15 is 0 Å². The van der Waals surface area contributed by atoms with E-state index in [4.69, 9.17) is 5.73 Å². The van der Waals surface area contributed by atoms with Gasteiger partial charge in [0.25, 0.3) is 0 Å². The summed E-state index contributed by atoms with van der Waals surface area (Å²) in [6.07, 6.45) is 0. The van der Waals surface area contributed by atoms with E-state index in [-0.39, 0.29) is 11.9 Å². The first kappa shape index (κ1) is 15.0. The molecule has 1 atom stereocenters. The molecular weight excluding hydrogens is 274 g/mol. The van der Waals surface area contributed by atoms with Crippen LogP contribution >= 0.6 is 0 Å². The molecule has 0 saturated carbocycles. The van der Waals surface area contributed by atoms with E-state index in [9.17, 15) is 4.79 Å². The fraction of sp³-hybridized carbons (Fsp3) is 0.389. The Kier molecular flexibility index (Phi) is 4.41. The fourth-order valence-electron chi connectivity index (χ4n) is 3.16. The van der Waals surface area contributed by atoms with E-state index in [1.54, 1.807) is 0 Å². The molecule has 1 fully saturated rings. The van der Waals surface area contributed by atoms with Gasteiger partial charge in [0.15, 0.2) is 0 Å². The molecule has 2 aromatic rings. The molecule has 116 valence electrons. The van der Waals surface area contributed by atoms with E-state index in [0.29, 0.717) is 0 Å². The lowest BCUT2D eigenvalue weighted by molar-refractivity contribution is -0.123. The summed E-state index contributed by atoms with van der Waals surface area (Å²) in [7, 11) is 0. The summed E-state index contributed by atoms with van der Waals surface area (Å²) in [6.45, 7) is 6.59. The highest BCUT2D eigenvalue weighted by atomic mass is 16.1. The lowest BCUT2D eigenvalue weighted by Crippen LogP contribution is -2.52. The van der Waals surface area contributed by atoms with Crippen LogP contribution in [0.25, 0.3) is 10.8 Å². The summed E-state index contributed by atoms with van der Waals surface area (Å²) in [4.78, 5) is 15.9. The van der Waals surface area contributed by atoms with Crippen LogP contribution in [0.2, 0.25) is 0 Å². The Hall–Kier alpha value is -1.91. The van der Waals surface area contributed by atoms with Crippen LogP contribution in [0.3, 0.4) is 0 Å². The Labute approximate surface area is 131 Å². The molecule has 1 aliphatic rings. The molecule has 0 aliphatic carbocycles. The minimum atomic E-state index is -0.234. The van der Waals surface area contributed by atoms with Crippen molar-refractivity contribution in [2.24, 2.45) is 5.73 Å². The summed E-state index contributed by atoms with van der Waals surface area (Å²) in [6, 6.07) is 14.9. The maximum Gasteiger partial charge on any atom is 0.234 e. The molecule has 1 aliphatic heterocycles. The van der Waals surface area contributed by atoms with Gasteiger partial charge in [0.2, 0.25) is 5.91 Å². The highest BCUT2D eigenvalue weighted by Gasteiger charge is 2.24. The van der Waals surface area contributed by atoms with Crippen LogP contribution < -0.4 is 5.73 Å². The fourth-order valence-corrected chi connectivity index (χ4v) is 3.16. The van der Waals surface area contributed by atoms with Gasteiger partial charge < -0.3 is 5.73 Å². The van der Waals surface area contributed by atoms with Crippen molar-refractivity contribution in [3.8, 4) is 0 Å². The topological polar surface area (TPSA) is 49.6 Å². The van der Waals surface area contributed by atoms with Gasteiger partial charge in [-0.3, -0.25) is 14.6 Å². The number of piperazine rings is 1. The van der Waals surface area contributed by atoms with Crippen molar-refractivity contribution in [3.63, 3.8) is 0 Å². The lowest BCUT2D eigenvalue weighted by Gasteiger charge is -2.37. The summed E-state index contributed by atoms with van der Waals surface area (Å²) in [5.41, 5.74) is 6.76. The van der Waals surface area contributed by atoms with Crippen molar-refractivity contribution in [2.45, 2.75) is 19.5 Å². The van der Waals surface area contributed by atoms with Gasteiger partial charge in [-0.1, -0.05) is 42.5 Å². The number of amides is 1. The molecule has 4 nitrogen and oxygen atoms in total. The average Bonchev–Trinajstić information content (AvgIpc) is 2.55. The molecule has 1 amide bonds. The lowest BCUT2D eigenvalue weighted by atomic mass is 10.0. The van der Waals surface area contributed by atoms with E-state index < -0.39 is 0 Å². The van der Waals surface area contributed by atoms with Gasteiger partial charge in [0.1, 0.15) is 0 Å². The molecule has 0 aromatic heterocycles. The molecule has 1 saturated heterocycles. The highest BCUT2D eigenvalue weighted by molar-refractivity contribution is 5.85. The van der Waals surface area contributed by atoms with Crippen LogP contribution in [0.5, 0.6) is 0 Å². The zero-order valence-corrected chi connectivity index (χ0v) is 13.0. The number of carbonyl (C=O) groups is 1. The third-order valence-corrected chi connectivity index (χ3v) is 4.64. The van der Waals surface area contributed by atoms with Crippen molar-refractivity contribution in [3.05, 3.63) is 48.0 Å². The summed E-state index contributed by atoms with van der Waals surface area (Å²) in [5, 5.41) is 2.62. The average molecular weight is 297 g/mol. The first-order chi connectivity index (χ1) is 10.6. The van der Waals surface area contributed by atoms with Crippen LogP contribution in [0.15, 0.2) is 42.5 Å². The summed E-state index contributed by atoms with van der Waals surface area (Å²) < 4.78 is 0. The quantitative estimate of drug-likeness (QED) is 0.936. The second-order valence-electron chi connectivity index (χ2n) is 6.03. The molecule has 1 heterocycles. The maximum atomic E-state index is 11.3. The normalized spacial score (nSPS) is 18.4. The zero-order chi connectivity index (χ0) is 15.5. The first-order valence-corrected chi connectivity index (χ1v) is 7.87. The van der Waals surface area contributed by atoms with E-state index in [0.717, 1.165) is 32.7 Å². The van der Waals surface area contributed by atoms with Crippen molar-refractivity contribution in [1.82, 2.24) is 9.80 Å². The molecule has 22 heavy (non-hydrogen) atoms. The Morgan fingerprint density at radius 1 is 1.09 bits per heavy atom. The van der Waals surface area contributed by atoms with Crippen LogP contribution in [-0.4, -0.2) is 47.9 Å². The predicted octanol–water partition coefficient (Wildman–Crippen LogP) is 1.83. The second-order valence-corrected chi connectivity index (χ2v) is 6.03. The highest BCUT2D eigenvalue weighted by Crippen LogP contribution is 2.20. The largest absolute Gasteiger partial charge is 0.368 e. The number of primary amides is 1. The molecule has 4 heteroatoms. The van der Waals surface area contributed by atoms with Gasteiger partial charge in [-0.25, -0.2) is 0 Å². The Morgan fingerprint density at radius 2 is 1.77 bits per heavy atom. The minimum Gasteiger partial charge on any atom is -0.368 e. The molecule has 2 aromatic carbocycles. The van der Waals surface area contributed by atoms with E-state index in [1.165, 1.54) is 16.3 Å². The van der Waals surface area contributed by atoms with Gasteiger partial charge in [0.05, 0.1) is 6.04 Å². The Balaban J connectivity index is 1.66. The number of hydrogen-bond acceptors (Lipinski definition) is 3. The standard InChI is InChI=1S/C18H23N3O/c1-14(18(19)22)21-11-9-20(10-12-21)13-16-7-4-6-15-5-2-3-8-17(15)16/h2-8,14H,9-13H2,1H3,(H2,19,22)/t14-/m0/s1. The molecule has 3 rings (SSSR count). The molecule has 0 unspecified atom stereocenters. The summed E-state index contributed by atoms with van der Waals surface area (Å²) >= 11 is 0. The number of rotatable bonds is 4. The van der Waals surface area contributed by atoms with Gasteiger partial charge in [-0.2, -0.15) is 0 Å². The number of benzene rings is 2. The predicted molar refractivity (Wildman–Crippen MR) is 89.5 cm³/mol. The van der Waals surface area contributed by atoms with Crippen LogP contribution in [0.4, 0.5) is 0 Å². The number of nitrogens with zero attached hydrogens (tertiary/aromatic N) is 2. The smallest absolute Gasteiger partial charge is 0.234 e. The zero-order valence-electron chi connectivity index (χ0n) is 13.0. The number of hydrogen-bond donors (Lipinski definition) is 1. The SMILES string of the molecule is C[C@@H](C(N)=O)N1CCN(Cc2cccc3ccccc23)CC1.